The lowest BCUT2D eigenvalue weighted by Crippen LogP contribution is -2.24. The third-order valence-electron chi connectivity index (χ3n) is 6.48. The summed E-state index contributed by atoms with van der Waals surface area (Å²) in [5.74, 6) is -3.77. The molecule has 1 aliphatic heterocycles. The number of nitrogens with one attached hydrogen (secondary N) is 1. The monoisotopic (exact) mass is 620 g/mol. The van der Waals surface area contributed by atoms with Crippen LogP contribution in [-0.2, 0) is 33.6 Å². The Bertz CT molecular complexity index is 1800. The Labute approximate surface area is 244 Å². The van der Waals surface area contributed by atoms with Crippen molar-refractivity contribution >= 4 is 38.2 Å². The van der Waals surface area contributed by atoms with Crippen LogP contribution in [0, 0.1) is 0 Å². The van der Waals surface area contributed by atoms with E-state index in [1.165, 1.54) is 18.2 Å². The summed E-state index contributed by atoms with van der Waals surface area (Å²) < 4.78 is 77.7. The highest BCUT2D eigenvalue weighted by molar-refractivity contribution is 7.92. The molecule has 0 saturated carbocycles. The smallest absolute Gasteiger partial charge is 0.287 e. The Morgan fingerprint density at radius 3 is 2.71 bits per heavy atom. The van der Waals surface area contributed by atoms with Crippen LogP contribution in [-0.4, -0.2) is 48.0 Å². The maximum absolute atomic E-state index is 14.2. The molecule has 1 amide bonds. The molecule has 0 saturated heterocycles. The Kier molecular flexibility index (Phi) is 8.10. The predicted octanol–water partition coefficient (Wildman–Crippen LogP) is 5.39. The van der Waals surface area contributed by atoms with Crippen LogP contribution >= 0.6 is 11.6 Å². The van der Waals surface area contributed by atoms with Gasteiger partial charge >= 0.3 is 0 Å². The fraction of sp³-hybridized carbons (Fsp3) is 0.286. The molecule has 5 rings (SSSR count). The van der Waals surface area contributed by atoms with Gasteiger partial charge in [-0.1, -0.05) is 11.6 Å². The van der Waals surface area contributed by atoms with Gasteiger partial charge in [-0.3, -0.25) is 9.78 Å². The second-order valence-electron chi connectivity index (χ2n) is 9.52. The second kappa shape index (κ2) is 11.5. The number of halogens is 4. The highest BCUT2D eigenvalue weighted by Crippen LogP contribution is 2.34. The molecule has 0 radical (unpaired) electrons. The van der Waals surface area contributed by atoms with E-state index in [1.807, 2.05) is 0 Å². The van der Waals surface area contributed by atoms with Gasteiger partial charge in [0, 0.05) is 34.7 Å². The van der Waals surface area contributed by atoms with Crippen LogP contribution in [0.5, 0.6) is 5.88 Å². The number of amides is 1. The van der Waals surface area contributed by atoms with Crippen molar-refractivity contribution in [1.82, 2.24) is 20.3 Å². The standard InChI is InChI=1S/C28H24ClF3N4O5S/c1-3-41-27-18(5-7-24(36-27)28(2,31)32)21-6-4-15-11-33-17(10-22(15)35-21)12-34-26(37)16-8-20(29)19-13-40-14-25(30)42(38,39)23(19)9-16/h4-11,25H,3,12-14H2,1-2H3,(H,34,37)/t25-/m1/s1. The van der Waals surface area contributed by atoms with Gasteiger partial charge in [-0.25, -0.2) is 22.8 Å². The van der Waals surface area contributed by atoms with Crippen molar-refractivity contribution in [1.29, 1.82) is 0 Å². The number of pyridine rings is 3. The van der Waals surface area contributed by atoms with E-state index in [1.54, 1.807) is 31.3 Å². The van der Waals surface area contributed by atoms with Gasteiger partial charge in [-0.05, 0) is 49.4 Å². The summed E-state index contributed by atoms with van der Waals surface area (Å²) in [6.45, 7) is 1.79. The number of carbonyl (C=O) groups excluding carboxylic acids is 1. The quantitative estimate of drug-likeness (QED) is 0.292. The number of fused-ring (bicyclic) bond motifs is 2. The number of nitrogens with zero attached hydrogens (tertiary/aromatic N) is 3. The van der Waals surface area contributed by atoms with Crippen LogP contribution in [0.25, 0.3) is 22.2 Å². The first-order valence-electron chi connectivity index (χ1n) is 12.7. The molecule has 4 heterocycles. The van der Waals surface area contributed by atoms with E-state index in [0.29, 0.717) is 27.9 Å². The molecule has 42 heavy (non-hydrogen) atoms. The average molecular weight is 621 g/mol. The van der Waals surface area contributed by atoms with E-state index in [4.69, 9.17) is 21.1 Å². The number of ether oxygens (including phenoxy) is 2. The van der Waals surface area contributed by atoms with Gasteiger partial charge in [0.2, 0.25) is 21.2 Å². The third-order valence-corrected chi connectivity index (χ3v) is 8.61. The topological polar surface area (TPSA) is 120 Å². The molecule has 0 fully saturated rings. The van der Waals surface area contributed by atoms with Crippen LogP contribution in [0.2, 0.25) is 5.02 Å². The Morgan fingerprint density at radius 2 is 1.98 bits per heavy atom. The summed E-state index contributed by atoms with van der Waals surface area (Å²) in [7, 11) is -4.40. The van der Waals surface area contributed by atoms with Crippen LogP contribution in [0.15, 0.2) is 53.6 Å². The number of sulfone groups is 1. The molecular weight excluding hydrogens is 597 g/mol. The van der Waals surface area contributed by atoms with Gasteiger partial charge in [0.15, 0.2) is 0 Å². The highest BCUT2D eigenvalue weighted by Gasteiger charge is 2.34. The van der Waals surface area contributed by atoms with Crippen molar-refractivity contribution in [3.8, 4) is 17.1 Å². The largest absolute Gasteiger partial charge is 0.477 e. The number of alkyl halides is 3. The van der Waals surface area contributed by atoms with E-state index in [0.717, 1.165) is 13.0 Å². The first-order valence-corrected chi connectivity index (χ1v) is 14.7. The minimum absolute atomic E-state index is 0.0250. The maximum Gasteiger partial charge on any atom is 0.287 e. The van der Waals surface area contributed by atoms with Crippen LogP contribution in [0.1, 0.15) is 41.2 Å². The summed E-state index contributed by atoms with van der Waals surface area (Å²) in [5.41, 5.74) is -0.900. The summed E-state index contributed by atoms with van der Waals surface area (Å²) >= 11 is 6.23. The zero-order valence-electron chi connectivity index (χ0n) is 22.3. The first-order chi connectivity index (χ1) is 19.9. The highest BCUT2D eigenvalue weighted by atomic mass is 35.5. The molecule has 0 aliphatic carbocycles. The van der Waals surface area contributed by atoms with Crippen molar-refractivity contribution in [3.63, 3.8) is 0 Å². The third kappa shape index (κ3) is 5.90. The molecule has 0 spiro atoms. The van der Waals surface area contributed by atoms with E-state index in [-0.39, 0.29) is 46.7 Å². The summed E-state index contributed by atoms with van der Waals surface area (Å²) in [6.07, 6.45) is 1.56. The van der Waals surface area contributed by atoms with Gasteiger partial charge in [0.25, 0.3) is 11.8 Å². The van der Waals surface area contributed by atoms with Crippen molar-refractivity contribution < 1.29 is 35.9 Å². The van der Waals surface area contributed by atoms with E-state index < -0.39 is 39.5 Å². The van der Waals surface area contributed by atoms with Gasteiger partial charge < -0.3 is 14.8 Å². The van der Waals surface area contributed by atoms with Crippen LogP contribution in [0.4, 0.5) is 13.2 Å². The summed E-state index contributed by atoms with van der Waals surface area (Å²) in [5, 5.41) is 3.30. The van der Waals surface area contributed by atoms with E-state index in [9.17, 15) is 26.4 Å². The fourth-order valence-electron chi connectivity index (χ4n) is 4.32. The zero-order valence-corrected chi connectivity index (χ0v) is 23.9. The predicted molar refractivity (Wildman–Crippen MR) is 148 cm³/mol. The van der Waals surface area contributed by atoms with Gasteiger partial charge in [0.1, 0.15) is 5.69 Å². The van der Waals surface area contributed by atoms with Crippen LogP contribution < -0.4 is 10.1 Å². The molecule has 1 aromatic carbocycles. The average Bonchev–Trinajstić information content (AvgIpc) is 3.06. The van der Waals surface area contributed by atoms with Gasteiger partial charge in [-0.2, -0.15) is 8.78 Å². The van der Waals surface area contributed by atoms with Gasteiger partial charge in [0.05, 0.1) is 53.7 Å². The lowest BCUT2D eigenvalue weighted by Gasteiger charge is -2.14. The van der Waals surface area contributed by atoms with Crippen LogP contribution in [0.3, 0.4) is 0 Å². The fourth-order valence-corrected chi connectivity index (χ4v) is 6.01. The lowest BCUT2D eigenvalue weighted by atomic mass is 10.1. The first kappa shape index (κ1) is 29.7. The number of hydrogen-bond donors (Lipinski definition) is 1. The number of benzene rings is 1. The van der Waals surface area contributed by atoms with E-state index >= 15 is 0 Å². The van der Waals surface area contributed by atoms with Crippen molar-refractivity contribution in [2.24, 2.45) is 0 Å². The second-order valence-corrected chi connectivity index (χ2v) is 12.0. The van der Waals surface area contributed by atoms with Crippen molar-refractivity contribution in [2.75, 3.05) is 13.2 Å². The number of rotatable bonds is 7. The molecular formula is C28H24ClF3N4O5S. The lowest BCUT2D eigenvalue weighted by molar-refractivity contribution is 0.0121. The zero-order chi connectivity index (χ0) is 30.2. The minimum atomic E-state index is -4.40. The van der Waals surface area contributed by atoms with Gasteiger partial charge in [-0.15, -0.1) is 0 Å². The van der Waals surface area contributed by atoms with E-state index in [2.05, 4.69) is 20.3 Å². The number of carbonyl (C=O) groups is 1. The molecule has 4 aromatic rings. The molecule has 0 bridgehead atoms. The molecule has 1 N–H and O–H groups in total. The molecule has 0 unspecified atom stereocenters. The van der Waals surface area contributed by atoms with Crippen molar-refractivity contribution in [2.45, 2.75) is 43.3 Å². The normalized spacial score (nSPS) is 16.5. The minimum Gasteiger partial charge on any atom is -0.477 e. The maximum atomic E-state index is 14.2. The Hall–Kier alpha value is -3.81. The molecule has 14 heteroatoms. The molecule has 9 nitrogen and oxygen atoms in total. The molecule has 220 valence electrons. The molecule has 1 atom stereocenters. The van der Waals surface area contributed by atoms with Crippen molar-refractivity contribution in [3.05, 3.63) is 76.2 Å². The molecule has 3 aromatic heterocycles. The Balaban J connectivity index is 1.40. The Morgan fingerprint density at radius 1 is 1.19 bits per heavy atom. The number of hydrogen-bond acceptors (Lipinski definition) is 8. The number of aromatic nitrogens is 3. The summed E-state index contributed by atoms with van der Waals surface area (Å²) in [4.78, 5) is 25.5. The summed E-state index contributed by atoms with van der Waals surface area (Å²) in [6, 6.07) is 10.2. The molecule has 1 aliphatic rings. The SMILES string of the molecule is CCOc1nc(C(C)(F)F)ccc1-c1ccc2cnc(CNC(=O)c3cc(Cl)c4c(c3)S(=O)(=O)[C@@H](F)COC4)cc2n1.